The van der Waals surface area contributed by atoms with Crippen LogP contribution >= 0.6 is 0 Å². The van der Waals surface area contributed by atoms with Crippen molar-refractivity contribution in [2.75, 3.05) is 0 Å². The number of aryl methyl sites for hydroxylation is 4. The predicted molar refractivity (Wildman–Crippen MR) is 129 cm³/mol. The van der Waals surface area contributed by atoms with E-state index >= 15 is 0 Å². The van der Waals surface area contributed by atoms with Crippen LogP contribution in [0.4, 0.5) is 0 Å². The van der Waals surface area contributed by atoms with Gasteiger partial charge in [-0.05, 0) is 60.7 Å². The number of hydrogen-bond acceptors (Lipinski definition) is 6. The Labute approximate surface area is 224 Å². The van der Waals surface area contributed by atoms with Crippen molar-refractivity contribution in [3.63, 3.8) is 0 Å². The maximum absolute atomic E-state index is 11.3. The van der Waals surface area contributed by atoms with Gasteiger partial charge in [-0.25, -0.2) is 16.8 Å². The number of hydrogen-bond donors (Lipinski definition) is 0. The average molecular weight is 511 g/mol. The van der Waals surface area contributed by atoms with E-state index in [-0.39, 0.29) is 47.5 Å². The Kier molecular flexibility index (Phi) is 8.73. The molecule has 0 saturated heterocycles. The van der Waals surface area contributed by atoms with E-state index in [1.165, 1.54) is 0 Å². The van der Waals surface area contributed by atoms with Gasteiger partial charge in [0.25, 0.3) is 0 Å². The van der Waals surface area contributed by atoms with Crippen LogP contribution in [-0.2, 0) is 20.2 Å². The molecule has 0 aliphatic rings. The van der Waals surface area contributed by atoms with Crippen molar-refractivity contribution < 1.29 is 25.9 Å². The Morgan fingerprint density at radius 3 is 1.15 bits per heavy atom. The molecule has 0 aliphatic carbocycles. The second kappa shape index (κ2) is 10.4. The molecule has 0 unspecified atom stereocenters. The van der Waals surface area contributed by atoms with Gasteiger partial charge in [-0.1, -0.05) is 60.7 Å². The summed E-state index contributed by atoms with van der Waals surface area (Å²) in [6.45, 7) is 6.88. The van der Waals surface area contributed by atoms with Crippen molar-refractivity contribution in [1.29, 1.82) is 0 Å². The van der Waals surface area contributed by atoms with E-state index in [4.69, 9.17) is 0 Å². The van der Waals surface area contributed by atoms with Crippen LogP contribution in [-0.4, -0.2) is 63.7 Å². The minimum absolute atomic E-state index is 0. The number of rotatable bonds is 2. The van der Waals surface area contributed by atoms with Crippen LogP contribution in [0.3, 0.4) is 0 Å². The quantitative estimate of drug-likeness (QED) is 0.293. The van der Waals surface area contributed by atoms with Crippen molar-refractivity contribution in [3.8, 4) is 0 Å². The SMILES string of the molecule is Cc1ccc2cccc(C)c2c1S(=O)(=O)[O-].Cc1ccc2cccc(C)c2c1S(=O)(=O)[O-].[Ca+2]. The molecule has 0 amide bonds. The Morgan fingerprint density at radius 1 is 0.515 bits per heavy atom. The minimum atomic E-state index is -4.43. The molecule has 0 fully saturated rings. The van der Waals surface area contributed by atoms with E-state index in [0.717, 1.165) is 21.9 Å². The Hall–Kier alpha value is -1.52. The minimum Gasteiger partial charge on any atom is -0.744 e. The smallest absolute Gasteiger partial charge is 0.744 e. The van der Waals surface area contributed by atoms with Gasteiger partial charge in [0.05, 0.1) is 9.79 Å². The fourth-order valence-corrected chi connectivity index (χ4v) is 5.88. The van der Waals surface area contributed by atoms with Gasteiger partial charge in [0.2, 0.25) is 0 Å². The molecule has 0 heterocycles. The third kappa shape index (κ3) is 5.95. The van der Waals surface area contributed by atoms with Gasteiger partial charge >= 0.3 is 37.7 Å². The van der Waals surface area contributed by atoms with Crippen molar-refractivity contribution in [3.05, 3.63) is 82.9 Å². The number of benzene rings is 4. The maximum Gasteiger partial charge on any atom is 2.00 e. The van der Waals surface area contributed by atoms with E-state index in [1.54, 1.807) is 64.1 Å². The second-order valence-electron chi connectivity index (χ2n) is 7.68. The van der Waals surface area contributed by atoms with Gasteiger partial charge in [0.15, 0.2) is 0 Å². The molecule has 33 heavy (non-hydrogen) atoms. The molecule has 0 aliphatic heterocycles. The first kappa shape index (κ1) is 27.7. The van der Waals surface area contributed by atoms with Gasteiger partial charge in [0.1, 0.15) is 20.2 Å². The summed E-state index contributed by atoms with van der Waals surface area (Å²) in [7, 11) is -8.87. The van der Waals surface area contributed by atoms with Gasteiger partial charge in [-0.2, -0.15) is 0 Å². The zero-order chi connectivity index (χ0) is 23.8. The molecule has 0 spiro atoms. The molecule has 168 valence electrons. The molecule has 9 heteroatoms. The summed E-state index contributed by atoms with van der Waals surface area (Å²) in [5.41, 5.74) is 2.60. The van der Waals surface area contributed by atoms with Crippen molar-refractivity contribution in [1.82, 2.24) is 0 Å². The maximum atomic E-state index is 11.3. The summed E-state index contributed by atoms with van der Waals surface area (Å²) in [6.07, 6.45) is 0. The summed E-state index contributed by atoms with van der Waals surface area (Å²) >= 11 is 0. The molecule has 4 aromatic rings. The van der Waals surface area contributed by atoms with Gasteiger partial charge in [0, 0.05) is 10.8 Å². The van der Waals surface area contributed by atoms with Gasteiger partial charge in [-0.15, -0.1) is 0 Å². The van der Waals surface area contributed by atoms with Crippen LogP contribution in [0.15, 0.2) is 70.5 Å². The molecule has 0 saturated carbocycles. The molecule has 4 aromatic carbocycles. The second-order valence-corrected chi connectivity index (χ2v) is 10.3. The first-order valence-corrected chi connectivity index (χ1v) is 12.5. The summed E-state index contributed by atoms with van der Waals surface area (Å²) in [5.74, 6) is 0. The van der Waals surface area contributed by atoms with Crippen LogP contribution < -0.4 is 0 Å². The first-order chi connectivity index (χ1) is 14.8. The molecule has 0 aromatic heterocycles. The van der Waals surface area contributed by atoms with Gasteiger partial charge in [-0.3, -0.25) is 0 Å². The molecule has 0 radical (unpaired) electrons. The Bertz CT molecular complexity index is 1440. The van der Waals surface area contributed by atoms with Crippen LogP contribution in [0.5, 0.6) is 0 Å². The van der Waals surface area contributed by atoms with Crippen LogP contribution in [0, 0.1) is 27.7 Å². The summed E-state index contributed by atoms with van der Waals surface area (Å²) in [4.78, 5) is -0.189. The molecule has 0 atom stereocenters. The topological polar surface area (TPSA) is 114 Å². The standard InChI is InChI=1S/2C12H12O3S.Ca/c2*1-8-4-3-5-10-7-6-9(2)12(11(8)10)16(13,14)15;/h2*3-7H,1-2H3,(H,13,14,15);/q;;+2/p-2. The monoisotopic (exact) mass is 510 g/mol. The molecule has 0 N–H and O–H groups in total. The van der Waals surface area contributed by atoms with Crippen molar-refractivity contribution in [2.45, 2.75) is 37.5 Å². The Morgan fingerprint density at radius 2 is 0.848 bits per heavy atom. The Balaban J connectivity index is 0.000000227. The molecular formula is C24H22CaO6S2. The summed E-state index contributed by atoms with van der Waals surface area (Å²) in [6, 6.07) is 17.9. The zero-order valence-electron chi connectivity index (χ0n) is 18.7. The third-order valence-electron chi connectivity index (χ3n) is 5.31. The van der Waals surface area contributed by atoms with Crippen molar-refractivity contribution in [2.24, 2.45) is 0 Å². The van der Waals surface area contributed by atoms with Crippen LogP contribution in [0.2, 0.25) is 0 Å². The van der Waals surface area contributed by atoms with E-state index < -0.39 is 20.2 Å². The van der Waals surface area contributed by atoms with Crippen molar-refractivity contribution >= 4 is 79.5 Å². The summed E-state index contributed by atoms with van der Waals surface area (Å²) < 4.78 is 67.6. The third-order valence-corrected chi connectivity index (χ3v) is 7.36. The molecular weight excluding hydrogens is 488 g/mol. The molecule has 6 nitrogen and oxygen atoms in total. The fourth-order valence-electron chi connectivity index (χ4n) is 3.90. The predicted octanol–water partition coefficient (Wildman–Crippen LogP) is 4.34. The summed E-state index contributed by atoms with van der Waals surface area (Å²) in [5, 5.41) is 2.63. The normalized spacial score (nSPS) is 11.6. The molecule has 4 rings (SSSR count). The fraction of sp³-hybridized carbons (Fsp3) is 0.167. The average Bonchev–Trinajstić information content (AvgIpc) is 2.67. The van der Waals surface area contributed by atoms with Gasteiger partial charge < -0.3 is 9.11 Å². The number of fused-ring (bicyclic) bond motifs is 2. The zero-order valence-corrected chi connectivity index (χ0v) is 22.6. The first-order valence-electron chi connectivity index (χ1n) is 9.72. The van der Waals surface area contributed by atoms with E-state index in [2.05, 4.69) is 0 Å². The van der Waals surface area contributed by atoms with E-state index in [1.807, 2.05) is 24.3 Å². The van der Waals surface area contributed by atoms with E-state index in [9.17, 15) is 25.9 Å². The van der Waals surface area contributed by atoms with Crippen LogP contribution in [0.1, 0.15) is 22.3 Å². The van der Waals surface area contributed by atoms with E-state index in [0.29, 0.717) is 21.9 Å². The van der Waals surface area contributed by atoms with Crippen LogP contribution in [0.25, 0.3) is 21.5 Å². The largest absolute Gasteiger partial charge is 2.00 e. The molecule has 0 bridgehead atoms.